The Bertz CT molecular complexity index is 476. The van der Waals surface area contributed by atoms with Gasteiger partial charge in [0, 0.05) is 5.41 Å². The molecule has 0 radical (unpaired) electrons. The van der Waals surface area contributed by atoms with Gasteiger partial charge in [-0.3, -0.25) is 0 Å². The fraction of sp³-hybridized carbons (Fsp3) is 0.250. The number of hydrogen-bond donors (Lipinski definition) is 2. The Morgan fingerprint density at radius 3 is 2.22 bits per heavy atom. The minimum atomic E-state index is -0.161. The normalized spacial score (nSPS) is 13.5. The summed E-state index contributed by atoms with van der Waals surface area (Å²) in [5, 5.41) is 18.6. The Hall–Kier alpha value is -1.96. The van der Waals surface area contributed by atoms with E-state index in [9.17, 15) is 10.2 Å². The lowest BCUT2D eigenvalue weighted by Gasteiger charge is -2.26. The second kappa shape index (κ2) is 5.58. The third-order valence-corrected chi connectivity index (χ3v) is 3.29. The van der Waals surface area contributed by atoms with Crippen LogP contribution in [0, 0.1) is 0 Å². The van der Waals surface area contributed by atoms with Crippen LogP contribution >= 0.6 is 0 Å². The molecule has 0 aromatic heterocycles. The molecule has 0 heterocycles. The molecular formula is C16H20O2. The lowest BCUT2D eigenvalue weighted by molar-refractivity contribution is 0.433. The quantitative estimate of drug-likeness (QED) is 0.614. The van der Waals surface area contributed by atoms with E-state index in [1.807, 2.05) is 25.1 Å². The summed E-state index contributed by atoms with van der Waals surface area (Å²) < 4.78 is 0. The maximum Gasteiger partial charge on any atom is 0.115 e. The molecule has 18 heavy (non-hydrogen) atoms. The van der Waals surface area contributed by atoms with Crippen LogP contribution in [-0.2, 0) is 5.41 Å². The zero-order chi connectivity index (χ0) is 13.8. The van der Waals surface area contributed by atoms with Gasteiger partial charge in [-0.15, -0.1) is 0 Å². The van der Waals surface area contributed by atoms with E-state index < -0.39 is 0 Å². The minimum Gasteiger partial charge on any atom is -0.508 e. The third kappa shape index (κ3) is 3.27. The van der Waals surface area contributed by atoms with Crippen LogP contribution in [0.15, 0.2) is 60.4 Å². The van der Waals surface area contributed by atoms with E-state index in [0.717, 1.165) is 11.1 Å². The summed E-state index contributed by atoms with van der Waals surface area (Å²) in [6.07, 6.45) is 4.91. The van der Waals surface area contributed by atoms with Gasteiger partial charge in [0.1, 0.15) is 11.5 Å². The molecule has 0 amide bonds. The zero-order valence-corrected chi connectivity index (χ0v) is 11.1. The number of allylic oxidation sites excluding steroid dienone is 4. The van der Waals surface area contributed by atoms with Gasteiger partial charge in [0.25, 0.3) is 0 Å². The van der Waals surface area contributed by atoms with Crippen molar-refractivity contribution in [2.24, 2.45) is 0 Å². The highest BCUT2D eigenvalue weighted by Gasteiger charge is 2.22. The van der Waals surface area contributed by atoms with E-state index in [1.165, 1.54) is 6.08 Å². The number of phenolic OH excluding ortho intramolecular Hbond substituents is 1. The minimum absolute atomic E-state index is 0.149. The summed E-state index contributed by atoms with van der Waals surface area (Å²) in [7, 11) is 0. The number of hydrogen-bond acceptors (Lipinski definition) is 2. The van der Waals surface area contributed by atoms with Gasteiger partial charge in [-0.1, -0.05) is 44.2 Å². The van der Waals surface area contributed by atoms with Crippen LogP contribution in [-0.4, -0.2) is 10.2 Å². The van der Waals surface area contributed by atoms with Gasteiger partial charge < -0.3 is 10.2 Å². The Kier molecular flexibility index (Phi) is 4.38. The predicted octanol–water partition coefficient (Wildman–Crippen LogP) is 4.24. The number of benzene rings is 1. The van der Waals surface area contributed by atoms with Crippen molar-refractivity contribution in [2.75, 3.05) is 0 Å². The second-order valence-corrected chi connectivity index (χ2v) is 4.82. The van der Waals surface area contributed by atoms with Crippen molar-refractivity contribution in [3.8, 4) is 5.75 Å². The SMILES string of the molecule is C=C/C(O)=C\C=C(/C)C(C)(C)c1ccc(O)cc1. The Balaban J connectivity index is 3.05. The summed E-state index contributed by atoms with van der Waals surface area (Å²) in [6.45, 7) is 9.71. The number of aliphatic hydroxyl groups excluding tert-OH is 1. The monoisotopic (exact) mass is 244 g/mol. The molecule has 0 fully saturated rings. The molecule has 1 aromatic carbocycles. The molecule has 0 bridgehead atoms. The third-order valence-electron chi connectivity index (χ3n) is 3.29. The molecule has 0 saturated heterocycles. The molecule has 0 aliphatic heterocycles. The van der Waals surface area contributed by atoms with Gasteiger partial charge in [-0.05, 0) is 36.8 Å². The zero-order valence-electron chi connectivity index (χ0n) is 11.1. The van der Waals surface area contributed by atoms with E-state index in [4.69, 9.17) is 0 Å². The van der Waals surface area contributed by atoms with Crippen LogP contribution in [0.2, 0.25) is 0 Å². The first kappa shape index (κ1) is 14.1. The van der Waals surface area contributed by atoms with Crippen molar-refractivity contribution in [3.05, 3.63) is 66.0 Å². The number of rotatable bonds is 4. The van der Waals surface area contributed by atoms with Crippen molar-refractivity contribution >= 4 is 0 Å². The molecule has 2 nitrogen and oxygen atoms in total. The van der Waals surface area contributed by atoms with Crippen molar-refractivity contribution in [2.45, 2.75) is 26.2 Å². The van der Waals surface area contributed by atoms with E-state index in [-0.39, 0.29) is 16.9 Å². The Labute approximate surface area is 109 Å². The smallest absolute Gasteiger partial charge is 0.115 e. The Morgan fingerprint density at radius 2 is 1.72 bits per heavy atom. The molecule has 0 saturated carbocycles. The van der Waals surface area contributed by atoms with Crippen LogP contribution in [0.3, 0.4) is 0 Å². The van der Waals surface area contributed by atoms with Crippen LogP contribution < -0.4 is 0 Å². The van der Waals surface area contributed by atoms with Crippen LogP contribution in [0.25, 0.3) is 0 Å². The first-order valence-corrected chi connectivity index (χ1v) is 5.88. The molecule has 96 valence electrons. The highest BCUT2D eigenvalue weighted by atomic mass is 16.3. The highest BCUT2D eigenvalue weighted by Crippen LogP contribution is 2.32. The van der Waals surface area contributed by atoms with E-state index >= 15 is 0 Å². The summed E-state index contributed by atoms with van der Waals surface area (Å²) in [4.78, 5) is 0. The van der Waals surface area contributed by atoms with Gasteiger partial charge in [0.05, 0.1) is 0 Å². The lowest BCUT2D eigenvalue weighted by atomic mass is 9.78. The summed E-state index contributed by atoms with van der Waals surface area (Å²) in [5.74, 6) is 0.413. The topological polar surface area (TPSA) is 40.5 Å². The van der Waals surface area contributed by atoms with Crippen molar-refractivity contribution in [1.82, 2.24) is 0 Å². The maximum absolute atomic E-state index is 9.34. The molecule has 0 aliphatic carbocycles. The highest BCUT2D eigenvalue weighted by molar-refractivity contribution is 5.38. The maximum atomic E-state index is 9.34. The summed E-state index contributed by atoms with van der Waals surface area (Å²) in [5.41, 5.74) is 2.06. The fourth-order valence-corrected chi connectivity index (χ4v) is 1.59. The number of aromatic hydroxyl groups is 1. The molecule has 1 aromatic rings. The molecule has 2 N–H and O–H groups in total. The first-order chi connectivity index (χ1) is 8.37. The molecular weight excluding hydrogens is 224 g/mol. The lowest BCUT2D eigenvalue weighted by Crippen LogP contribution is -2.18. The van der Waals surface area contributed by atoms with Crippen LogP contribution in [0.4, 0.5) is 0 Å². The molecule has 0 atom stereocenters. The first-order valence-electron chi connectivity index (χ1n) is 5.88. The van der Waals surface area contributed by atoms with Crippen molar-refractivity contribution < 1.29 is 10.2 Å². The van der Waals surface area contributed by atoms with Gasteiger partial charge in [-0.2, -0.15) is 0 Å². The molecule has 0 unspecified atom stereocenters. The Morgan fingerprint density at radius 1 is 1.17 bits per heavy atom. The largest absolute Gasteiger partial charge is 0.508 e. The van der Waals surface area contributed by atoms with Gasteiger partial charge in [0.15, 0.2) is 0 Å². The van der Waals surface area contributed by atoms with Gasteiger partial charge in [-0.25, -0.2) is 0 Å². The average molecular weight is 244 g/mol. The summed E-state index contributed by atoms with van der Waals surface area (Å²) >= 11 is 0. The molecule has 0 aliphatic rings. The van der Waals surface area contributed by atoms with Gasteiger partial charge >= 0.3 is 0 Å². The number of phenols is 1. The van der Waals surface area contributed by atoms with Crippen molar-refractivity contribution in [1.29, 1.82) is 0 Å². The van der Waals surface area contributed by atoms with Gasteiger partial charge in [0.2, 0.25) is 0 Å². The van der Waals surface area contributed by atoms with Crippen LogP contribution in [0.5, 0.6) is 5.75 Å². The molecule has 1 rings (SSSR count). The predicted molar refractivity (Wildman–Crippen MR) is 75.8 cm³/mol. The van der Waals surface area contributed by atoms with Crippen LogP contribution in [0.1, 0.15) is 26.3 Å². The second-order valence-electron chi connectivity index (χ2n) is 4.82. The molecule has 0 spiro atoms. The van der Waals surface area contributed by atoms with E-state index in [2.05, 4.69) is 20.4 Å². The summed E-state index contributed by atoms with van der Waals surface area (Å²) in [6, 6.07) is 7.18. The standard InChI is InChI=1S/C16H20O2/c1-5-14(17)9-6-12(2)16(3,4)13-7-10-15(18)11-8-13/h5-11,17-18H,1H2,2-4H3/b12-6+,14-9+. The van der Waals surface area contributed by atoms with E-state index in [0.29, 0.717) is 0 Å². The fourth-order valence-electron chi connectivity index (χ4n) is 1.59. The van der Waals surface area contributed by atoms with Crippen molar-refractivity contribution in [3.63, 3.8) is 0 Å². The number of aliphatic hydroxyl groups is 1. The van der Waals surface area contributed by atoms with E-state index in [1.54, 1.807) is 18.2 Å². The average Bonchev–Trinajstić information content (AvgIpc) is 2.35. The molecule has 2 heteroatoms.